The van der Waals surface area contributed by atoms with Gasteiger partial charge in [-0.25, -0.2) is 15.1 Å². The Morgan fingerprint density at radius 1 is 1.62 bits per heavy atom. The molecule has 0 aliphatic carbocycles. The molecule has 0 saturated carbocycles. The maximum atomic E-state index is 11.0. The highest BCUT2D eigenvalue weighted by molar-refractivity contribution is 5.73. The third-order valence-electron chi connectivity index (χ3n) is 1.47. The normalized spacial score (nSPS) is 9.81. The van der Waals surface area contributed by atoms with Crippen molar-refractivity contribution >= 4 is 12.0 Å². The molecule has 16 heavy (non-hydrogen) atoms. The van der Waals surface area contributed by atoms with Gasteiger partial charge in [0.1, 0.15) is 11.5 Å². The van der Waals surface area contributed by atoms with Gasteiger partial charge >= 0.3 is 12.0 Å². The summed E-state index contributed by atoms with van der Waals surface area (Å²) in [7, 11) is 0. The minimum Gasteiger partial charge on any atom is -0.479 e. The van der Waals surface area contributed by atoms with Gasteiger partial charge in [-0.1, -0.05) is 5.16 Å². The van der Waals surface area contributed by atoms with Gasteiger partial charge in [-0.15, -0.1) is 0 Å². The Morgan fingerprint density at radius 3 is 2.94 bits per heavy atom. The zero-order chi connectivity index (χ0) is 12.0. The van der Waals surface area contributed by atoms with E-state index in [-0.39, 0.29) is 6.54 Å². The zero-order valence-electron chi connectivity index (χ0n) is 8.52. The summed E-state index contributed by atoms with van der Waals surface area (Å²) < 4.78 is 4.78. The van der Waals surface area contributed by atoms with Crippen LogP contribution in [-0.2, 0) is 16.2 Å². The monoisotopic (exact) mass is 229 g/mol. The Balaban J connectivity index is 2.17. The summed E-state index contributed by atoms with van der Waals surface area (Å²) in [6.07, 6.45) is 0. The van der Waals surface area contributed by atoms with Crippen LogP contribution in [0.15, 0.2) is 10.6 Å². The van der Waals surface area contributed by atoms with E-state index < -0.39 is 18.6 Å². The molecule has 3 N–H and O–H groups in total. The van der Waals surface area contributed by atoms with Crippen molar-refractivity contribution < 1.29 is 24.1 Å². The lowest BCUT2D eigenvalue weighted by Gasteiger charge is -2.04. The first kappa shape index (κ1) is 12.0. The summed E-state index contributed by atoms with van der Waals surface area (Å²) >= 11 is 0. The molecule has 0 aromatic carbocycles. The van der Waals surface area contributed by atoms with Crippen molar-refractivity contribution in [3.63, 3.8) is 0 Å². The van der Waals surface area contributed by atoms with Crippen molar-refractivity contribution in [2.24, 2.45) is 0 Å². The highest BCUT2D eigenvalue weighted by atomic mass is 16.7. The summed E-state index contributed by atoms with van der Waals surface area (Å²) in [5.41, 5.74) is 2.46. The second-order valence-electron chi connectivity index (χ2n) is 2.90. The van der Waals surface area contributed by atoms with Gasteiger partial charge in [0.25, 0.3) is 0 Å². The summed E-state index contributed by atoms with van der Waals surface area (Å²) in [5.74, 6) is -0.535. The summed E-state index contributed by atoms with van der Waals surface area (Å²) in [5, 5.41) is 14.3. The lowest BCUT2D eigenvalue weighted by atomic mass is 10.4. The predicted octanol–water partition coefficient (Wildman–Crippen LogP) is -0.202. The molecule has 1 aromatic heterocycles. The molecule has 0 fully saturated rings. The fourth-order valence-corrected chi connectivity index (χ4v) is 0.872. The van der Waals surface area contributed by atoms with Crippen LogP contribution in [0.5, 0.6) is 0 Å². The Bertz CT molecular complexity index is 376. The van der Waals surface area contributed by atoms with E-state index in [1.54, 1.807) is 13.0 Å². The second kappa shape index (κ2) is 5.71. The molecule has 8 heteroatoms. The third kappa shape index (κ3) is 4.42. The molecule has 0 bridgehead atoms. The van der Waals surface area contributed by atoms with Gasteiger partial charge in [-0.05, 0) is 6.92 Å². The van der Waals surface area contributed by atoms with Gasteiger partial charge in [0, 0.05) is 6.07 Å². The molecule has 0 aliphatic rings. The number of aromatic nitrogens is 1. The molecule has 0 unspecified atom stereocenters. The van der Waals surface area contributed by atoms with E-state index in [9.17, 15) is 9.59 Å². The highest BCUT2D eigenvalue weighted by Crippen LogP contribution is 2.00. The van der Waals surface area contributed by atoms with Crippen LogP contribution in [0.3, 0.4) is 0 Å². The number of urea groups is 1. The predicted molar refractivity (Wildman–Crippen MR) is 50.2 cm³/mol. The number of hydroxylamine groups is 1. The number of carboxylic acids is 1. The Labute approximate surface area is 90.5 Å². The number of hydrogen-bond acceptors (Lipinski definition) is 5. The SMILES string of the molecule is Cc1cc(CNC(=O)NOCC(=O)O)no1. The topological polar surface area (TPSA) is 114 Å². The maximum absolute atomic E-state index is 11.0. The molecule has 0 spiro atoms. The number of nitrogens with one attached hydrogen (secondary N) is 2. The average molecular weight is 229 g/mol. The number of nitrogens with zero attached hydrogens (tertiary/aromatic N) is 1. The molecule has 1 aromatic rings. The van der Waals surface area contributed by atoms with Crippen molar-refractivity contribution in [3.05, 3.63) is 17.5 Å². The number of carbonyl (C=O) groups excluding carboxylic acids is 1. The largest absolute Gasteiger partial charge is 0.479 e. The van der Waals surface area contributed by atoms with Crippen LogP contribution >= 0.6 is 0 Å². The smallest absolute Gasteiger partial charge is 0.339 e. The molecule has 1 heterocycles. The minimum absolute atomic E-state index is 0.166. The van der Waals surface area contributed by atoms with Crippen LogP contribution < -0.4 is 10.8 Å². The van der Waals surface area contributed by atoms with Gasteiger partial charge < -0.3 is 14.9 Å². The van der Waals surface area contributed by atoms with Gasteiger partial charge in [-0.2, -0.15) is 0 Å². The number of aryl methyl sites for hydroxylation is 1. The van der Waals surface area contributed by atoms with Gasteiger partial charge in [-0.3, -0.25) is 4.84 Å². The highest BCUT2D eigenvalue weighted by Gasteiger charge is 2.04. The minimum atomic E-state index is -1.17. The molecule has 8 nitrogen and oxygen atoms in total. The first-order chi connectivity index (χ1) is 7.58. The molecule has 0 aliphatic heterocycles. The zero-order valence-corrected chi connectivity index (χ0v) is 8.52. The van der Waals surface area contributed by atoms with Crippen molar-refractivity contribution in [1.29, 1.82) is 0 Å². The molecular formula is C8H11N3O5. The molecular weight excluding hydrogens is 218 g/mol. The van der Waals surface area contributed by atoms with Crippen LogP contribution in [0, 0.1) is 6.92 Å². The molecule has 0 saturated heterocycles. The first-order valence-electron chi connectivity index (χ1n) is 4.37. The van der Waals surface area contributed by atoms with E-state index in [1.807, 2.05) is 5.48 Å². The number of aliphatic carboxylic acids is 1. The van der Waals surface area contributed by atoms with Crippen LogP contribution in [0.25, 0.3) is 0 Å². The van der Waals surface area contributed by atoms with Crippen molar-refractivity contribution in [2.75, 3.05) is 6.61 Å². The van der Waals surface area contributed by atoms with E-state index in [0.717, 1.165) is 0 Å². The Hall–Kier alpha value is -2.09. The summed E-state index contributed by atoms with van der Waals surface area (Å²) in [6, 6.07) is 1.01. The number of rotatable bonds is 5. The van der Waals surface area contributed by atoms with E-state index in [0.29, 0.717) is 11.5 Å². The number of hydrogen-bond donors (Lipinski definition) is 3. The Kier molecular flexibility index (Phi) is 4.28. The van der Waals surface area contributed by atoms with E-state index in [1.165, 1.54) is 0 Å². The number of carbonyl (C=O) groups is 2. The molecule has 1 rings (SSSR count). The molecule has 0 atom stereocenters. The summed E-state index contributed by atoms with van der Waals surface area (Å²) in [4.78, 5) is 25.4. The fourth-order valence-electron chi connectivity index (χ4n) is 0.872. The maximum Gasteiger partial charge on any atom is 0.339 e. The second-order valence-corrected chi connectivity index (χ2v) is 2.90. The lowest BCUT2D eigenvalue weighted by Crippen LogP contribution is -2.36. The van der Waals surface area contributed by atoms with Gasteiger partial charge in [0.15, 0.2) is 6.61 Å². The molecule has 88 valence electrons. The summed E-state index contributed by atoms with van der Waals surface area (Å²) in [6.45, 7) is 1.29. The number of carboxylic acid groups (broad SMARTS) is 1. The van der Waals surface area contributed by atoms with Crippen molar-refractivity contribution in [1.82, 2.24) is 16.0 Å². The van der Waals surface area contributed by atoms with Crippen LogP contribution in [0.1, 0.15) is 11.5 Å². The van der Waals surface area contributed by atoms with Crippen LogP contribution in [0.2, 0.25) is 0 Å². The van der Waals surface area contributed by atoms with Gasteiger partial charge in [0.2, 0.25) is 0 Å². The number of amides is 2. The Morgan fingerprint density at radius 2 is 2.38 bits per heavy atom. The lowest BCUT2D eigenvalue weighted by molar-refractivity contribution is -0.144. The van der Waals surface area contributed by atoms with Gasteiger partial charge in [0.05, 0.1) is 6.54 Å². The van der Waals surface area contributed by atoms with E-state index in [4.69, 9.17) is 9.63 Å². The van der Waals surface area contributed by atoms with Crippen LogP contribution in [-0.4, -0.2) is 28.9 Å². The van der Waals surface area contributed by atoms with E-state index in [2.05, 4.69) is 15.3 Å². The quantitative estimate of drug-likeness (QED) is 0.602. The first-order valence-corrected chi connectivity index (χ1v) is 4.37. The fraction of sp³-hybridized carbons (Fsp3) is 0.375. The molecule has 0 radical (unpaired) electrons. The van der Waals surface area contributed by atoms with Crippen molar-refractivity contribution in [3.8, 4) is 0 Å². The van der Waals surface area contributed by atoms with Crippen molar-refractivity contribution in [2.45, 2.75) is 13.5 Å². The average Bonchev–Trinajstić information content (AvgIpc) is 2.61. The third-order valence-corrected chi connectivity index (χ3v) is 1.47. The molecule has 2 amide bonds. The standard InChI is InChI=1S/C8H11N3O5/c1-5-2-6(10-16-5)3-9-8(14)11-15-4-7(12)13/h2H,3-4H2,1H3,(H,12,13)(H2,9,11,14). The van der Waals surface area contributed by atoms with E-state index >= 15 is 0 Å². The van der Waals surface area contributed by atoms with Crippen LogP contribution in [0.4, 0.5) is 4.79 Å².